The van der Waals surface area contributed by atoms with Crippen LogP contribution >= 0.6 is 11.3 Å². The molecule has 8 rings (SSSR count). The van der Waals surface area contributed by atoms with Gasteiger partial charge in [-0.15, -0.1) is 11.3 Å². The number of nitrogens with one attached hydrogen (secondary N) is 2. The molecule has 42 heavy (non-hydrogen) atoms. The number of fused-ring (bicyclic) bond motifs is 4. The van der Waals surface area contributed by atoms with Gasteiger partial charge >= 0.3 is 0 Å². The fraction of sp³-hybridized carbons (Fsp3) is 0.353. The smallest absolute Gasteiger partial charge is 0.244 e. The number of amides is 1. The fourth-order valence-corrected chi connectivity index (χ4v) is 8.09. The molecule has 0 radical (unpaired) electrons. The zero-order valence-corrected chi connectivity index (χ0v) is 24.4. The molecule has 2 aromatic heterocycles. The summed E-state index contributed by atoms with van der Waals surface area (Å²) in [5.74, 6) is 0.775. The Kier molecular flexibility index (Phi) is 6.32. The predicted molar refractivity (Wildman–Crippen MR) is 172 cm³/mol. The third kappa shape index (κ3) is 4.32. The lowest BCUT2D eigenvalue weighted by Crippen LogP contribution is -2.54. The molecule has 4 heterocycles. The molecule has 1 saturated carbocycles. The SMILES string of the molecule is O=C(Nc1ccc2sc3c(-c4cccc5c(=O)cc(N6CCCCC6)oc45)cccc3c2c1)C1(N2CCNCC2)CC1. The highest BCUT2D eigenvalue weighted by molar-refractivity contribution is 7.26. The Balaban J connectivity index is 1.18. The van der Waals surface area contributed by atoms with Crippen molar-refractivity contribution in [2.24, 2.45) is 0 Å². The highest BCUT2D eigenvalue weighted by Crippen LogP contribution is 2.45. The van der Waals surface area contributed by atoms with Crippen LogP contribution in [0.4, 0.5) is 11.6 Å². The van der Waals surface area contributed by atoms with E-state index in [4.69, 9.17) is 4.42 Å². The molecular weight excluding hydrogens is 544 g/mol. The van der Waals surface area contributed by atoms with E-state index in [-0.39, 0.29) is 16.9 Å². The van der Waals surface area contributed by atoms with Crippen molar-refractivity contribution in [1.29, 1.82) is 0 Å². The van der Waals surface area contributed by atoms with Crippen LogP contribution in [0.25, 0.3) is 42.3 Å². The van der Waals surface area contributed by atoms with Crippen molar-refractivity contribution in [2.45, 2.75) is 37.6 Å². The van der Waals surface area contributed by atoms with E-state index < -0.39 is 0 Å². The van der Waals surface area contributed by atoms with Crippen molar-refractivity contribution < 1.29 is 9.21 Å². The van der Waals surface area contributed by atoms with Crippen LogP contribution in [0.2, 0.25) is 0 Å². The number of benzene rings is 3. The van der Waals surface area contributed by atoms with Crippen LogP contribution in [0.15, 0.2) is 69.9 Å². The van der Waals surface area contributed by atoms with Crippen molar-refractivity contribution in [2.75, 3.05) is 49.5 Å². The first-order valence-corrected chi connectivity index (χ1v) is 16.0. The van der Waals surface area contributed by atoms with Gasteiger partial charge < -0.3 is 20.0 Å². The van der Waals surface area contributed by atoms with Crippen molar-refractivity contribution >= 4 is 60.0 Å². The molecule has 2 aliphatic heterocycles. The van der Waals surface area contributed by atoms with Gasteiger partial charge in [0.25, 0.3) is 0 Å². The number of para-hydroxylation sites is 1. The van der Waals surface area contributed by atoms with Gasteiger partial charge in [0.1, 0.15) is 11.1 Å². The number of anilines is 2. The molecule has 3 aromatic carbocycles. The number of nitrogens with zero attached hydrogens (tertiary/aromatic N) is 2. The first-order chi connectivity index (χ1) is 20.6. The largest absolute Gasteiger partial charge is 0.440 e. The Bertz CT molecular complexity index is 1890. The minimum Gasteiger partial charge on any atom is -0.440 e. The highest BCUT2D eigenvalue weighted by atomic mass is 32.1. The summed E-state index contributed by atoms with van der Waals surface area (Å²) in [5.41, 5.74) is 3.11. The molecule has 0 bridgehead atoms. The second kappa shape index (κ2) is 10.2. The Hall–Kier alpha value is -3.72. The molecule has 2 N–H and O–H groups in total. The number of piperazine rings is 1. The number of carbonyl (C=O) groups excluding carboxylic acids is 1. The van der Waals surface area contributed by atoms with E-state index in [0.29, 0.717) is 16.9 Å². The number of carbonyl (C=O) groups is 1. The van der Waals surface area contributed by atoms with Crippen LogP contribution in [-0.4, -0.2) is 55.6 Å². The topological polar surface area (TPSA) is 77.8 Å². The zero-order chi connectivity index (χ0) is 28.3. The maximum atomic E-state index is 13.5. The van der Waals surface area contributed by atoms with Crippen LogP contribution < -0.4 is 21.0 Å². The third-order valence-corrected chi connectivity index (χ3v) is 10.5. The maximum absolute atomic E-state index is 13.5. The molecule has 8 heteroatoms. The van der Waals surface area contributed by atoms with Gasteiger partial charge in [-0.3, -0.25) is 14.5 Å². The van der Waals surface area contributed by atoms with E-state index in [1.54, 1.807) is 17.4 Å². The van der Waals surface area contributed by atoms with E-state index in [1.807, 2.05) is 18.2 Å². The van der Waals surface area contributed by atoms with Crippen molar-refractivity contribution in [3.63, 3.8) is 0 Å². The molecule has 5 aromatic rings. The molecule has 1 aliphatic carbocycles. The summed E-state index contributed by atoms with van der Waals surface area (Å²) >= 11 is 1.74. The van der Waals surface area contributed by atoms with Gasteiger partial charge in [-0.25, -0.2) is 0 Å². The van der Waals surface area contributed by atoms with Gasteiger partial charge in [0, 0.05) is 82.3 Å². The quantitative estimate of drug-likeness (QED) is 0.259. The summed E-state index contributed by atoms with van der Waals surface area (Å²) in [6.07, 6.45) is 5.29. The van der Waals surface area contributed by atoms with Gasteiger partial charge in [0.2, 0.25) is 5.91 Å². The molecule has 0 spiro atoms. The Morgan fingerprint density at radius 1 is 0.857 bits per heavy atom. The average Bonchev–Trinajstić information content (AvgIpc) is 3.77. The van der Waals surface area contributed by atoms with Gasteiger partial charge in [0.15, 0.2) is 11.3 Å². The van der Waals surface area contributed by atoms with Gasteiger partial charge in [-0.05, 0) is 56.4 Å². The first-order valence-electron chi connectivity index (χ1n) is 15.2. The summed E-state index contributed by atoms with van der Waals surface area (Å²) in [6.45, 7) is 5.53. The monoisotopic (exact) mass is 578 g/mol. The van der Waals surface area contributed by atoms with Crippen molar-refractivity contribution in [3.8, 4) is 11.1 Å². The van der Waals surface area contributed by atoms with Gasteiger partial charge in [0.05, 0.1) is 5.39 Å². The Labute approximate surface area is 248 Å². The van der Waals surface area contributed by atoms with Crippen LogP contribution in [0, 0.1) is 0 Å². The minimum atomic E-state index is -0.355. The number of hydrogen-bond donors (Lipinski definition) is 2. The Morgan fingerprint density at radius 3 is 2.40 bits per heavy atom. The maximum Gasteiger partial charge on any atom is 0.244 e. The van der Waals surface area contributed by atoms with E-state index in [2.05, 4.69) is 56.8 Å². The van der Waals surface area contributed by atoms with E-state index in [1.165, 1.54) is 6.42 Å². The summed E-state index contributed by atoms with van der Waals surface area (Å²) in [6, 6.07) is 20.1. The fourth-order valence-electron chi connectivity index (χ4n) is 6.88. The summed E-state index contributed by atoms with van der Waals surface area (Å²) in [7, 11) is 0. The van der Waals surface area contributed by atoms with E-state index >= 15 is 0 Å². The molecule has 3 aliphatic rings. The predicted octanol–water partition coefficient (Wildman–Crippen LogP) is 6.19. The van der Waals surface area contributed by atoms with Crippen LogP contribution in [0.1, 0.15) is 32.1 Å². The molecule has 7 nitrogen and oxygen atoms in total. The normalized spacial score (nSPS) is 19.0. The Morgan fingerprint density at radius 2 is 1.62 bits per heavy atom. The summed E-state index contributed by atoms with van der Waals surface area (Å²) in [5, 5.41) is 9.51. The molecular formula is C34H34N4O3S. The number of rotatable bonds is 5. The second-order valence-corrected chi connectivity index (χ2v) is 12.9. The van der Waals surface area contributed by atoms with E-state index in [9.17, 15) is 9.59 Å². The van der Waals surface area contributed by atoms with Gasteiger partial charge in [-0.2, -0.15) is 0 Å². The molecule has 0 unspecified atom stereocenters. The molecule has 3 fully saturated rings. The molecule has 2 saturated heterocycles. The van der Waals surface area contributed by atoms with Crippen LogP contribution in [-0.2, 0) is 4.79 Å². The first kappa shape index (κ1) is 25.9. The minimum absolute atomic E-state index is 0.00294. The summed E-state index contributed by atoms with van der Waals surface area (Å²) in [4.78, 5) is 31.2. The van der Waals surface area contributed by atoms with Crippen molar-refractivity contribution in [3.05, 3.63) is 70.9 Å². The average molecular weight is 579 g/mol. The standard InChI is InChI=1S/C34H34N4O3S/c39-28-21-30(37-16-2-1-3-17-37)41-31-23(6-4-9-26(28)31)24-7-5-8-25-27-20-22(10-11-29(27)42-32(24)25)36-33(40)34(12-13-34)38-18-14-35-15-19-38/h4-11,20-21,35H,1-3,12-19H2,(H,36,40). The van der Waals surface area contributed by atoms with Gasteiger partial charge in [-0.1, -0.05) is 30.3 Å². The highest BCUT2D eigenvalue weighted by Gasteiger charge is 2.54. The number of piperidine rings is 1. The lowest BCUT2D eigenvalue weighted by molar-refractivity contribution is -0.123. The molecule has 0 atom stereocenters. The second-order valence-electron chi connectivity index (χ2n) is 11.9. The zero-order valence-electron chi connectivity index (χ0n) is 23.6. The van der Waals surface area contributed by atoms with Crippen LogP contribution in [0.5, 0.6) is 0 Å². The number of hydrogen-bond acceptors (Lipinski definition) is 7. The third-order valence-electron chi connectivity index (χ3n) is 9.32. The molecule has 1 amide bonds. The van der Waals surface area contributed by atoms with E-state index in [0.717, 1.165) is 102 Å². The lowest BCUT2D eigenvalue weighted by Gasteiger charge is -2.34. The molecule has 214 valence electrons. The van der Waals surface area contributed by atoms with Crippen molar-refractivity contribution in [1.82, 2.24) is 10.2 Å². The number of thiophene rings is 1. The summed E-state index contributed by atoms with van der Waals surface area (Å²) < 4.78 is 8.83. The lowest BCUT2D eigenvalue weighted by atomic mass is 10.0. The van der Waals surface area contributed by atoms with Crippen LogP contribution in [0.3, 0.4) is 0 Å².